The van der Waals surface area contributed by atoms with Gasteiger partial charge >= 0.3 is 6.09 Å². The first-order chi connectivity index (χ1) is 20.9. The molecule has 230 valence electrons. The van der Waals surface area contributed by atoms with Crippen LogP contribution in [0.15, 0.2) is 66.7 Å². The quantitative estimate of drug-likeness (QED) is 0.237. The number of aromatic hydroxyl groups is 1. The van der Waals surface area contributed by atoms with Gasteiger partial charge < -0.3 is 25.4 Å². The number of benzene rings is 3. The van der Waals surface area contributed by atoms with Crippen LogP contribution in [0.4, 0.5) is 10.5 Å². The van der Waals surface area contributed by atoms with E-state index in [9.17, 15) is 19.5 Å². The van der Waals surface area contributed by atoms with Gasteiger partial charge in [0, 0.05) is 18.0 Å². The molecule has 3 aromatic rings. The zero-order valence-electron chi connectivity index (χ0n) is 25.4. The van der Waals surface area contributed by atoms with E-state index in [0.29, 0.717) is 40.2 Å². The molecule has 3 amide bonds. The van der Waals surface area contributed by atoms with Crippen molar-refractivity contribution in [2.75, 3.05) is 5.32 Å². The number of rotatable bonds is 9. The Bertz CT molecular complexity index is 1530. The number of nitrogens with one attached hydrogen (secondary N) is 2. The zero-order chi connectivity index (χ0) is 32.0. The van der Waals surface area contributed by atoms with Crippen LogP contribution in [-0.4, -0.2) is 45.6 Å². The Morgan fingerprint density at radius 1 is 1.07 bits per heavy atom. The van der Waals surface area contributed by atoms with E-state index in [0.717, 1.165) is 12.0 Å². The van der Waals surface area contributed by atoms with Crippen LogP contribution < -0.4 is 10.6 Å². The van der Waals surface area contributed by atoms with Gasteiger partial charge in [0.15, 0.2) is 0 Å². The maximum absolute atomic E-state index is 14.7. The van der Waals surface area contributed by atoms with Crippen molar-refractivity contribution >= 4 is 35.2 Å². The molecule has 2 unspecified atom stereocenters. The fourth-order valence-corrected chi connectivity index (χ4v) is 5.42. The number of phenols is 1. The maximum Gasteiger partial charge on any atom is 0.408 e. The van der Waals surface area contributed by atoms with Crippen molar-refractivity contribution in [3.05, 3.63) is 94.0 Å². The van der Waals surface area contributed by atoms with Crippen molar-refractivity contribution < 1.29 is 24.2 Å². The second kappa shape index (κ2) is 13.9. The number of anilines is 1. The molecule has 0 aliphatic heterocycles. The average molecular weight is 616 g/mol. The van der Waals surface area contributed by atoms with Crippen LogP contribution in [0.5, 0.6) is 5.75 Å². The number of alkyl carbamates (subject to hydrolysis) is 1. The van der Waals surface area contributed by atoms with Crippen LogP contribution in [0.3, 0.4) is 0 Å². The number of terminal acetylenes is 1. The Kier molecular flexibility index (Phi) is 10.2. The predicted octanol–water partition coefficient (Wildman–Crippen LogP) is 6.53. The van der Waals surface area contributed by atoms with Crippen LogP contribution in [0.1, 0.15) is 68.3 Å². The van der Waals surface area contributed by atoms with Gasteiger partial charge in [0.2, 0.25) is 5.91 Å². The van der Waals surface area contributed by atoms with Gasteiger partial charge in [0.1, 0.15) is 23.4 Å². The van der Waals surface area contributed by atoms with Gasteiger partial charge in [-0.05, 0) is 87.9 Å². The molecule has 3 N–H and O–H groups in total. The predicted molar refractivity (Wildman–Crippen MR) is 171 cm³/mol. The van der Waals surface area contributed by atoms with Gasteiger partial charge in [-0.1, -0.05) is 60.0 Å². The summed E-state index contributed by atoms with van der Waals surface area (Å²) in [5, 5.41) is 15.9. The molecule has 9 heteroatoms. The van der Waals surface area contributed by atoms with E-state index >= 15 is 0 Å². The third-order valence-corrected chi connectivity index (χ3v) is 7.81. The number of ether oxygens (including phenoxy) is 1. The lowest BCUT2D eigenvalue weighted by Gasteiger charge is -2.44. The summed E-state index contributed by atoms with van der Waals surface area (Å²) >= 11 is 6.48. The normalized spacial score (nSPS) is 14.4. The van der Waals surface area contributed by atoms with Crippen LogP contribution in [0.2, 0.25) is 5.02 Å². The Morgan fingerprint density at radius 3 is 2.34 bits per heavy atom. The highest BCUT2D eigenvalue weighted by Gasteiger charge is 2.43. The molecule has 0 spiro atoms. The first-order valence-corrected chi connectivity index (χ1v) is 15.0. The van der Waals surface area contributed by atoms with Crippen molar-refractivity contribution in [3.8, 4) is 18.1 Å². The average Bonchev–Trinajstić information content (AvgIpc) is 2.93. The molecular formula is C35H38ClN3O5. The number of phenolic OH excluding ortho intramolecular Hbond substituents is 1. The van der Waals surface area contributed by atoms with Gasteiger partial charge in [-0.2, -0.15) is 0 Å². The van der Waals surface area contributed by atoms with E-state index in [1.165, 1.54) is 12.1 Å². The minimum atomic E-state index is -1.13. The Morgan fingerprint density at radius 2 is 1.75 bits per heavy atom. The SMILES string of the molecule is C#Cc1ccccc1C(C(=O)Nc1c(C)cccc1Cl)N(C(=O)C(Cc1ccc(O)cc1)NC(=O)OC(C)(C)C)C1CCC1. The third kappa shape index (κ3) is 7.91. The van der Waals surface area contributed by atoms with Crippen molar-refractivity contribution in [2.24, 2.45) is 0 Å². The molecule has 0 heterocycles. The lowest BCUT2D eigenvalue weighted by atomic mass is 9.86. The molecule has 4 rings (SSSR count). The maximum atomic E-state index is 14.7. The summed E-state index contributed by atoms with van der Waals surface area (Å²) < 4.78 is 5.51. The number of amides is 3. The smallest absolute Gasteiger partial charge is 0.408 e. The number of aryl methyl sites for hydroxylation is 1. The number of hydrogen-bond donors (Lipinski definition) is 3. The first-order valence-electron chi connectivity index (χ1n) is 14.6. The molecule has 1 aliphatic rings. The summed E-state index contributed by atoms with van der Waals surface area (Å²) in [6.07, 6.45) is 7.45. The number of nitrogens with zero attached hydrogens (tertiary/aromatic N) is 1. The Labute approximate surface area is 263 Å². The number of hydrogen-bond acceptors (Lipinski definition) is 5. The van der Waals surface area contributed by atoms with Gasteiger partial charge in [-0.3, -0.25) is 9.59 Å². The molecule has 0 bridgehead atoms. The van der Waals surface area contributed by atoms with E-state index in [1.807, 2.05) is 13.0 Å². The number of carbonyl (C=O) groups excluding carboxylic acids is 3. The molecule has 1 saturated carbocycles. The van der Waals surface area contributed by atoms with Gasteiger partial charge in [-0.25, -0.2) is 4.79 Å². The molecule has 3 aromatic carbocycles. The Balaban J connectivity index is 1.81. The lowest BCUT2D eigenvalue weighted by Crippen LogP contribution is -2.57. The van der Waals surface area contributed by atoms with Gasteiger partial charge in [-0.15, -0.1) is 6.42 Å². The van der Waals surface area contributed by atoms with Gasteiger partial charge in [0.25, 0.3) is 5.91 Å². The fraction of sp³-hybridized carbons (Fsp3) is 0.343. The lowest BCUT2D eigenvalue weighted by molar-refractivity contribution is -0.145. The van der Waals surface area contributed by atoms with Crippen molar-refractivity contribution in [1.29, 1.82) is 0 Å². The number of carbonyl (C=O) groups is 3. The molecule has 0 radical (unpaired) electrons. The van der Waals surface area contributed by atoms with E-state index in [2.05, 4.69) is 16.6 Å². The molecular weight excluding hydrogens is 578 g/mol. The van der Waals surface area contributed by atoms with E-state index in [4.69, 9.17) is 22.8 Å². The van der Waals surface area contributed by atoms with E-state index in [-0.39, 0.29) is 18.2 Å². The molecule has 0 aromatic heterocycles. The highest BCUT2D eigenvalue weighted by Crippen LogP contribution is 2.36. The summed E-state index contributed by atoms with van der Waals surface area (Å²) in [6, 6.07) is 16.2. The molecule has 1 aliphatic carbocycles. The summed E-state index contributed by atoms with van der Waals surface area (Å²) in [6.45, 7) is 7.03. The summed E-state index contributed by atoms with van der Waals surface area (Å²) in [5.74, 6) is 1.79. The molecule has 8 nitrogen and oxygen atoms in total. The number of halogens is 1. The van der Waals surface area contributed by atoms with Crippen molar-refractivity contribution in [1.82, 2.24) is 10.2 Å². The van der Waals surface area contributed by atoms with Crippen LogP contribution in [-0.2, 0) is 20.7 Å². The van der Waals surface area contributed by atoms with Crippen molar-refractivity contribution in [3.63, 3.8) is 0 Å². The monoisotopic (exact) mass is 615 g/mol. The highest BCUT2D eigenvalue weighted by molar-refractivity contribution is 6.34. The third-order valence-electron chi connectivity index (χ3n) is 7.50. The fourth-order valence-electron chi connectivity index (χ4n) is 5.15. The van der Waals surface area contributed by atoms with E-state index in [1.54, 1.807) is 74.2 Å². The molecule has 1 fully saturated rings. The molecule has 44 heavy (non-hydrogen) atoms. The van der Waals surface area contributed by atoms with Crippen LogP contribution >= 0.6 is 11.6 Å². The van der Waals surface area contributed by atoms with Crippen LogP contribution in [0, 0.1) is 19.3 Å². The van der Waals surface area contributed by atoms with Gasteiger partial charge in [0.05, 0.1) is 10.7 Å². The second-order valence-electron chi connectivity index (χ2n) is 12.0. The van der Waals surface area contributed by atoms with Crippen molar-refractivity contribution in [2.45, 2.75) is 77.1 Å². The number of para-hydroxylation sites is 1. The minimum Gasteiger partial charge on any atom is -0.508 e. The zero-order valence-corrected chi connectivity index (χ0v) is 26.1. The highest BCUT2D eigenvalue weighted by atomic mass is 35.5. The minimum absolute atomic E-state index is 0.0744. The molecule has 2 atom stereocenters. The summed E-state index contributed by atoms with van der Waals surface area (Å²) in [4.78, 5) is 43.6. The molecule has 0 saturated heterocycles. The second-order valence-corrected chi connectivity index (χ2v) is 12.4. The Hall–Kier alpha value is -4.48. The summed E-state index contributed by atoms with van der Waals surface area (Å²) in [5.41, 5.74) is 2.05. The van der Waals surface area contributed by atoms with Crippen LogP contribution in [0.25, 0.3) is 0 Å². The first kappa shape index (κ1) is 32.4. The standard InChI is InChI=1S/C35H38ClN3O5/c1-6-24-12-7-8-15-27(24)31(32(41)38-30-22(2)11-9-16-28(30)36)39(25-13-10-14-25)33(42)29(37-34(43)44-35(3,4)5)21-23-17-19-26(40)20-18-23/h1,7-9,11-12,15-20,25,29,31,40H,10,13-14,21H2,2-5H3,(H,37,43)(H,38,41). The summed E-state index contributed by atoms with van der Waals surface area (Å²) in [7, 11) is 0. The van der Waals surface area contributed by atoms with E-state index < -0.39 is 35.6 Å². The topological polar surface area (TPSA) is 108 Å². The largest absolute Gasteiger partial charge is 0.508 e.